The number of carbonyl (C=O) groups is 1. The Morgan fingerprint density at radius 2 is 1.79 bits per heavy atom. The van der Waals surface area contributed by atoms with Gasteiger partial charge in [0.2, 0.25) is 0 Å². The number of unbranched alkanes of at least 4 members (excludes halogenated alkanes) is 1. The SMILES string of the molecule is CCCCNc1cc(C(=O)Nc2ccc(F)c(F)c2)nc(-c2ccccc2)n1. The second-order valence-electron chi connectivity index (χ2n) is 6.19. The third kappa shape index (κ3) is 4.88. The molecule has 3 rings (SSSR count). The van der Waals surface area contributed by atoms with Gasteiger partial charge in [-0.1, -0.05) is 43.7 Å². The summed E-state index contributed by atoms with van der Waals surface area (Å²) in [6.07, 6.45) is 1.98. The minimum absolute atomic E-state index is 0.123. The van der Waals surface area contributed by atoms with Crippen LogP contribution in [-0.2, 0) is 0 Å². The van der Waals surface area contributed by atoms with Crippen LogP contribution in [0.15, 0.2) is 54.6 Å². The second kappa shape index (κ2) is 9.03. The largest absolute Gasteiger partial charge is 0.370 e. The van der Waals surface area contributed by atoms with E-state index in [4.69, 9.17) is 0 Å². The number of benzene rings is 2. The molecular weight excluding hydrogens is 362 g/mol. The van der Waals surface area contributed by atoms with Crippen molar-refractivity contribution in [3.63, 3.8) is 0 Å². The van der Waals surface area contributed by atoms with Crippen LogP contribution in [-0.4, -0.2) is 22.4 Å². The molecule has 0 aliphatic carbocycles. The first-order valence-electron chi connectivity index (χ1n) is 9.01. The molecule has 0 fully saturated rings. The van der Waals surface area contributed by atoms with E-state index in [9.17, 15) is 13.6 Å². The highest BCUT2D eigenvalue weighted by Crippen LogP contribution is 2.19. The second-order valence-corrected chi connectivity index (χ2v) is 6.19. The highest BCUT2D eigenvalue weighted by molar-refractivity contribution is 6.03. The number of hydrogen-bond acceptors (Lipinski definition) is 4. The Morgan fingerprint density at radius 3 is 2.50 bits per heavy atom. The van der Waals surface area contributed by atoms with Gasteiger partial charge < -0.3 is 10.6 Å². The highest BCUT2D eigenvalue weighted by atomic mass is 19.2. The smallest absolute Gasteiger partial charge is 0.274 e. The summed E-state index contributed by atoms with van der Waals surface area (Å²) in [7, 11) is 0. The van der Waals surface area contributed by atoms with Gasteiger partial charge in [0.1, 0.15) is 11.5 Å². The lowest BCUT2D eigenvalue weighted by molar-refractivity contribution is 0.102. The van der Waals surface area contributed by atoms with Crippen molar-refractivity contribution in [2.45, 2.75) is 19.8 Å². The molecule has 1 aromatic heterocycles. The zero-order valence-corrected chi connectivity index (χ0v) is 15.4. The summed E-state index contributed by atoms with van der Waals surface area (Å²) in [5.74, 6) is -1.62. The number of halogens is 2. The van der Waals surface area contributed by atoms with E-state index in [0.29, 0.717) is 18.2 Å². The molecule has 1 amide bonds. The minimum atomic E-state index is -1.03. The maximum absolute atomic E-state index is 13.4. The van der Waals surface area contributed by atoms with E-state index < -0.39 is 17.5 Å². The lowest BCUT2D eigenvalue weighted by Crippen LogP contribution is -2.16. The fraction of sp³-hybridized carbons (Fsp3) is 0.190. The van der Waals surface area contributed by atoms with Crippen LogP contribution in [0.2, 0.25) is 0 Å². The Bertz CT molecular complexity index is 964. The molecule has 0 unspecified atom stereocenters. The number of rotatable bonds is 7. The quantitative estimate of drug-likeness (QED) is 0.571. The molecule has 0 atom stereocenters. The zero-order valence-electron chi connectivity index (χ0n) is 15.4. The van der Waals surface area contributed by atoms with E-state index in [0.717, 1.165) is 30.5 Å². The van der Waals surface area contributed by atoms with Crippen molar-refractivity contribution in [2.24, 2.45) is 0 Å². The number of anilines is 2. The molecule has 0 aliphatic rings. The van der Waals surface area contributed by atoms with Crippen LogP contribution in [0, 0.1) is 11.6 Å². The standard InChI is InChI=1S/C21H20F2N4O/c1-2-3-11-24-19-13-18(26-20(27-19)14-7-5-4-6-8-14)21(28)25-15-9-10-16(22)17(23)12-15/h4-10,12-13H,2-3,11H2,1H3,(H,25,28)(H,24,26,27). The molecule has 0 aliphatic heterocycles. The molecule has 3 aromatic rings. The number of nitrogens with zero attached hydrogens (tertiary/aromatic N) is 2. The summed E-state index contributed by atoms with van der Waals surface area (Å²) < 4.78 is 26.5. The van der Waals surface area contributed by atoms with Crippen molar-refractivity contribution >= 4 is 17.4 Å². The van der Waals surface area contributed by atoms with Gasteiger partial charge in [-0.3, -0.25) is 4.79 Å². The predicted molar refractivity (Wildman–Crippen MR) is 105 cm³/mol. The molecule has 2 aromatic carbocycles. The predicted octanol–water partition coefficient (Wildman–Crippen LogP) is 4.89. The average molecular weight is 382 g/mol. The molecule has 0 spiro atoms. The number of nitrogens with one attached hydrogen (secondary N) is 2. The third-order valence-electron chi connectivity index (χ3n) is 4.00. The van der Waals surface area contributed by atoms with Crippen molar-refractivity contribution in [3.8, 4) is 11.4 Å². The fourth-order valence-corrected chi connectivity index (χ4v) is 2.53. The molecule has 144 valence electrons. The molecule has 0 saturated carbocycles. The lowest BCUT2D eigenvalue weighted by Gasteiger charge is -2.11. The van der Waals surface area contributed by atoms with E-state index in [1.165, 1.54) is 12.1 Å². The van der Waals surface area contributed by atoms with Gasteiger partial charge >= 0.3 is 0 Å². The summed E-state index contributed by atoms with van der Waals surface area (Å²) >= 11 is 0. The topological polar surface area (TPSA) is 66.9 Å². The monoisotopic (exact) mass is 382 g/mol. The highest BCUT2D eigenvalue weighted by Gasteiger charge is 2.14. The Morgan fingerprint density at radius 1 is 1.00 bits per heavy atom. The first-order valence-corrected chi connectivity index (χ1v) is 9.01. The van der Waals surface area contributed by atoms with Gasteiger partial charge in [0.15, 0.2) is 17.5 Å². The molecule has 2 N–H and O–H groups in total. The van der Waals surface area contributed by atoms with Crippen LogP contribution in [0.5, 0.6) is 0 Å². The Kier molecular flexibility index (Phi) is 6.26. The molecule has 0 radical (unpaired) electrons. The van der Waals surface area contributed by atoms with Crippen molar-refractivity contribution in [1.29, 1.82) is 0 Å². The van der Waals surface area contributed by atoms with Crippen LogP contribution in [0.25, 0.3) is 11.4 Å². The van der Waals surface area contributed by atoms with Gasteiger partial charge in [-0.2, -0.15) is 0 Å². The summed E-state index contributed by atoms with van der Waals surface area (Å²) in [4.78, 5) is 21.4. The molecule has 0 saturated heterocycles. The van der Waals surface area contributed by atoms with E-state index in [1.807, 2.05) is 30.3 Å². The normalized spacial score (nSPS) is 10.5. The van der Waals surface area contributed by atoms with Gasteiger partial charge in [0.05, 0.1) is 0 Å². The van der Waals surface area contributed by atoms with Crippen LogP contribution in [0.3, 0.4) is 0 Å². The van der Waals surface area contributed by atoms with Crippen molar-refractivity contribution < 1.29 is 13.6 Å². The maximum atomic E-state index is 13.4. The average Bonchev–Trinajstić information content (AvgIpc) is 2.71. The Labute approximate surface area is 161 Å². The first-order chi connectivity index (χ1) is 13.6. The third-order valence-corrected chi connectivity index (χ3v) is 4.00. The number of carbonyl (C=O) groups excluding carboxylic acids is 1. The molecule has 5 nitrogen and oxygen atoms in total. The zero-order chi connectivity index (χ0) is 19.9. The van der Waals surface area contributed by atoms with Gasteiger partial charge in [0, 0.05) is 29.9 Å². The van der Waals surface area contributed by atoms with Crippen LogP contribution >= 0.6 is 0 Å². The van der Waals surface area contributed by atoms with E-state index >= 15 is 0 Å². The molecular formula is C21H20F2N4O. The van der Waals surface area contributed by atoms with Crippen molar-refractivity contribution in [3.05, 3.63) is 71.9 Å². The first kappa shape index (κ1) is 19.4. The van der Waals surface area contributed by atoms with Crippen LogP contribution in [0.1, 0.15) is 30.3 Å². The van der Waals surface area contributed by atoms with E-state index in [-0.39, 0.29) is 11.4 Å². The van der Waals surface area contributed by atoms with E-state index in [2.05, 4.69) is 27.5 Å². The Hall–Kier alpha value is -3.35. The van der Waals surface area contributed by atoms with Crippen LogP contribution in [0.4, 0.5) is 20.3 Å². The number of amides is 1. The minimum Gasteiger partial charge on any atom is -0.370 e. The van der Waals surface area contributed by atoms with Crippen molar-refractivity contribution in [2.75, 3.05) is 17.2 Å². The molecule has 0 bridgehead atoms. The lowest BCUT2D eigenvalue weighted by atomic mass is 10.2. The summed E-state index contributed by atoms with van der Waals surface area (Å²) in [5, 5.41) is 5.73. The molecule has 1 heterocycles. The summed E-state index contributed by atoms with van der Waals surface area (Å²) in [5.41, 5.74) is 1.03. The summed E-state index contributed by atoms with van der Waals surface area (Å²) in [6, 6.07) is 14.0. The fourth-order valence-electron chi connectivity index (χ4n) is 2.53. The number of aromatic nitrogens is 2. The van der Waals surface area contributed by atoms with E-state index in [1.54, 1.807) is 0 Å². The summed E-state index contributed by atoms with van der Waals surface area (Å²) in [6.45, 7) is 2.80. The molecule has 7 heteroatoms. The van der Waals surface area contributed by atoms with Crippen molar-refractivity contribution in [1.82, 2.24) is 9.97 Å². The number of hydrogen-bond donors (Lipinski definition) is 2. The maximum Gasteiger partial charge on any atom is 0.274 e. The Balaban J connectivity index is 1.90. The van der Waals surface area contributed by atoms with Crippen LogP contribution < -0.4 is 10.6 Å². The van der Waals surface area contributed by atoms with Gasteiger partial charge in [0.25, 0.3) is 5.91 Å². The van der Waals surface area contributed by atoms with Gasteiger partial charge in [-0.15, -0.1) is 0 Å². The van der Waals surface area contributed by atoms with Gasteiger partial charge in [-0.05, 0) is 18.6 Å². The van der Waals surface area contributed by atoms with Gasteiger partial charge in [-0.25, -0.2) is 18.7 Å². The molecule has 28 heavy (non-hydrogen) atoms.